The number of piperidine rings is 1. The Balaban J connectivity index is 1.58. The van der Waals surface area contributed by atoms with Crippen LogP contribution in [0, 0.1) is 0 Å². The number of ether oxygens (including phenoxy) is 1. The molecular formula is C18H21ClN4O2. The highest BCUT2D eigenvalue weighted by Crippen LogP contribution is 2.22. The molecule has 0 radical (unpaired) electrons. The third-order valence-corrected chi connectivity index (χ3v) is 4.59. The number of hydrogen-bond acceptors (Lipinski definition) is 5. The summed E-state index contributed by atoms with van der Waals surface area (Å²) in [6.07, 6.45) is 1.57. The molecule has 0 spiro atoms. The smallest absolute Gasteiger partial charge is 0.410 e. The van der Waals surface area contributed by atoms with E-state index in [-0.39, 0.29) is 24.8 Å². The Hall–Kier alpha value is -2.34. The number of amides is 1. The molecule has 1 N–H and O–H groups in total. The highest BCUT2D eigenvalue weighted by atomic mass is 35.5. The van der Waals surface area contributed by atoms with E-state index >= 15 is 0 Å². The summed E-state index contributed by atoms with van der Waals surface area (Å²) in [6, 6.07) is 13.2. The van der Waals surface area contributed by atoms with Crippen molar-refractivity contribution in [1.29, 1.82) is 0 Å². The first kappa shape index (κ1) is 17.5. The maximum Gasteiger partial charge on any atom is 0.410 e. The highest BCUT2D eigenvalue weighted by molar-refractivity contribution is 6.29. The summed E-state index contributed by atoms with van der Waals surface area (Å²) in [7, 11) is 0. The lowest BCUT2D eigenvalue weighted by molar-refractivity contribution is 0.0687. The van der Waals surface area contributed by atoms with Gasteiger partial charge in [-0.2, -0.15) is 0 Å². The molecule has 0 bridgehead atoms. The lowest BCUT2D eigenvalue weighted by Gasteiger charge is -2.39. The van der Waals surface area contributed by atoms with Crippen LogP contribution in [0.15, 0.2) is 42.5 Å². The van der Waals surface area contributed by atoms with E-state index in [1.807, 2.05) is 37.3 Å². The molecule has 2 heterocycles. The molecule has 0 aliphatic carbocycles. The van der Waals surface area contributed by atoms with Gasteiger partial charge in [0, 0.05) is 12.6 Å². The third kappa shape index (κ3) is 4.60. The number of hydrogen-bond donors (Lipinski definition) is 1. The summed E-state index contributed by atoms with van der Waals surface area (Å²) >= 11 is 5.76. The molecule has 1 amide bonds. The first-order valence-electron chi connectivity index (χ1n) is 8.36. The van der Waals surface area contributed by atoms with Gasteiger partial charge < -0.3 is 15.0 Å². The van der Waals surface area contributed by atoms with Gasteiger partial charge in [-0.3, -0.25) is 0 Å². The molecule has 1 aliphatic heterocycles. The Morgan fingerprint density at radius 1 is 1.28 bits per heavy atom. The molecular weight excluding hydrogens is 340 g/mol. The Kier molecular flexibility index (Phi) is 5.71. The summed E-state index contributed by atoms with van der Waals surface area (Å²) in [5, 5.41) is 11.5. The molecule has 1 aromatic heterocycles. The van der Waals surface area contributed by atoms with Crippen LogP contribution < -0.4 is 5.32 Å². The second-order valence-corrected chi connectivity index (χ2v) is 6.50. The van der Waals surface area contributed by atoms with Gasteiger partial charge in [0.05, 0.1) is 6.04 Å². The van der Waals surface area contributed by atoms with Crippen LogP contribution in [0.25, 0.3) is 0 Å². The molecule has 1 aliphatic rings. The van der Waals surface area contributed by atoms with Gasteiger partial charge in [-0.05, 0) is 37.5 Å². The fourth-order valence-corrected chi connectivity index (χ4v) is 3.08. The number of halogens is 1. The largest absolute Gasteiger partial charge is 0.445 e. The summed E-state index contributed by atoms with van der Waals surface area (Å²) in [4.78, 5) is 14.2. The molecule has 0 saturated carbocycles. The number of nitrogens with zero attached hydrogens (tertiary/aromatic N) is 3. The van der Waals surface area contributed by atoms with Crippen LogP contribution in [0.1, 0.15) is 25.3 Å². The topological polar surface area (TPSA) is 67.4 Å². The summed E-state index contributed by atoms with van der Waals surface area (Å²) in [5.74, 6) is 0.653. The molecule has 3 rings (SSSR count). The van der Waals surface area contributed by atoms with E-state index in [1.54, 1.807) is 17.0 Å². The van der Waals surface area contributed by atoms with Crippen LogP contribution in [0.2, 0.25) is 5.15 Å². The van der Waals surface area contributed by atoms with Crippen LogP contribution in [0.5, 0.6) is 0 Å². The van der Waals surface area contributed by atoms with Crippen molar-refractivity contribution in [2.45, 2.75) is 38.5 Å². The second-order valence-electron chi connectivity index (χ2n) is 6.11. The number of aromatic nitrogens is 2. The molecule has 132 valence electrons. The van der Waals surface area contributed by atoms with E-state index in [9.17, 15) is 4.79 Å². The van der Waals surface area contributed by atoms with E-state index in [2.05, 4.69) is 15.5 Å². The third-order valence-electron chi connectivity index (χ3n) is 4.39. The zero-order valence-corrected chi connectivity index (χ0v) is 14.8. The zero-order chi connectivity index (χ0) is 17.6. The number of likely N-dealkylation sites (tertiary alicyclic amines) is 1. The Morgan fingerprint density at radius 3 is 2.80 bits per heavy atom. The summed E-state index contributed by atoms with van der Waals surface area (Å²) in [5.41, 5.74) is 0.978. The molecule has 2 aromatic rings. The SMILES string of the molecule is C[C@H]1[C@@H](Nc2ccc(Cl)nn2)CCCN1C(=O)OCc1ccccc1. The number of carbonyl (C=O) groups excluding carboxylic acids is 1. The zero-order valence-electron chi connectivity index (χ0n) is 14.1. The standard InChI is InChI=1S/C18H21ClN4O2/c1-13-15(20-17-10-9-16(19)21-22-17)8-5-11-23(13)18(24)25-12-14-6-3-2-4-7-14/h2-4,6-7,9-10,13,15H,5,8,11-12H2,1H3,(H,20,22)/t13-,15-/m0/s1. The minimum absolute atomic E-state index is 0.00509. The summed E-state index contributed by atoms with van der Waals surface area (Å²) < 4.78 is 5.47. The quantitative estimate of drug-likeness (QED) is 0.899. The monoisotopic (exact) mass is 360 g/mol. The minimum Gasteiger partial charge on any atom is -0.445 e. The van der Waals surface area contributed by atoms with E-state index < -0.39 is 0 Å². The lowest BCUT2D eigenvalue weighted by atomic mass is 9.98. The number of rotatable bonds is 4. The average molecular weight is 361 g/mol. The van der Waals surface area contributed by atoms with Crippen LogP contribution >= 0.6 is 11.6 Å². The fourth-order valence-electron chi connectivity index (χ4n) is 2.98. The normalized spacial score (nSPS) is 20.2. The van der Waals surface area contributed by atoms with Crippen molar-refractivity contribution >= 4 is 23.5 Å². The molecule has 0 unspecified atom stereocenters. The molecule has 1 saturated heterocycles. The van der Waals surface area contributed by atoms with Gasteiger partial charge in [0.15, 0.2) is 5.15 Å². The maximum absolute atomic E-state index is 12.5. The number of carbonyl (C=O) groups is 1. The van der Waals surface area contributed by atoms with Crippen molar-refractivity contribution in [1.82, 2.24) is 15.1 Å². The van der Waals surface area contributed by atoms with Crippen molar-refractivity contribution in [2.24, 2.45) is 0 Å². The first-order chi connectivity index (χ1) is 12.1. The fraction of sp³-hybridized carbons (Fsp3) is 0.389. The van der Waals surface area contributed by atoms with Gasteiger partial charge in [0.1, 0.15) is 12.4 Å². The predicted octanol–water partition coefficient (Wildman–Crippen LogP) is 3.73. The average Bonchev–Trinajstić information content (AvgIpc) is 2.64. The van der Waals surface area contributed by atoms with Crippen molar-refractivity contribution in [3.05, 3.63) is 53.2 Å². The molecule has 2 atom stereocenters. The molecule has 1 fully saturated rings. The molecule has 6 nitrogen and oxygen atoms in total. The van der Waals surface area contributed by atoms with E-state index in [0.29, 0.717) is 17.5 Å². The maximum atomic E-state index is 12.5. The van der Waals surface area contributed by atoms with Gasteiger partial charge in [-0.25, -0.2) is 4.79 Å². The number of anilines is 1. The molecule has 7 heteroatoms. The summed E-state index contributed by atoms with van der Waals surface area (Å²) in [6.45, 7) is 2.99. The van der Waals surface area contributed by atoms with Gasteiger partial charge in [0.25, 0.3) is 0 Å². The lowest BCUT2D eigenvalue weighted by Crippen LogP contribution is -2.52. The first-order valence-corrected chi connectivity index (χ1v) is 8.74. The number of benzene rings is 1. The second kappa shape index (κ2) is 8.16. The van der Waals surface area contributed by atoms with Crippen molar-refractivity contribution in [3.8, 4) is 0 Å². The Morgan fingerprint density at radius 2 is 2.08 bits per heavy atom. The molecule has 25 heavy (non-hydrogen) atoms. The highest BCUT2D eigenvalue weighted by Gasteiger charge is 2.32. The van der Waals surface area contributed by atoms with Crippen molar-refractivity contribution in [3.63, 3.8) is 0 Å². The minimum atomic E-state index is -0.287. The van der Waals surface area contributed by atoms with Gasteiger partial charge in [0.2, 0.25) is 0 Å². The molecule has 1 aromatic carbocycles. The van der Waals surface area contributed by atoms with E-state index in [4.69, 9.17) is 16.3 Å². The number of nitrogens with one attached hydrogen (secondary N) is 1. The van der Waals surface area contributed by atoms with Crippen LogP contribution in [-0.2, 0) is 11.3 Å². The van der Waals surface area contributed by atoms with Gasteiger partial charge in [-0.1, -0.05) is 41.9 Å². The van der Waals surface area contributed by atoms with Crippen LogP contribution in [0.3, 0.4) is 0 Å². The van der Waals surface area contributed by atoms with Crippen LogP contribution in [-0.4, -0.2) is 39.8 Å². The van der Waals surface area contributed by atoms with Gasteiger partial charge in [-0.15, -0.1) is 10.2 Å². The van der Waals surface area contributed by atoms with E-state index in [1.165, 1.54) is 0 Å². The van der Waals surface area contributed by atoms with E-state index in [0.717, 1.165) is 18.4 Å². The van der Waals surface area contributed by atoms with Crippen LogP contribution in [0.4, 0.5) is 10.6 Å². The van der Waals surface area contributed by atoms with Crippen molar-refractivity contribution in [2.75, 3.05) is 11.9 Å². The van der Waals surface area contributed by atoms with Crippen molar-refractivity contribution < 1.29 is 9.53 Å². The predicted molar refractivity (Wildman–Crippen MR) is 96.5 cm³/mol. The Labute approximate surface area is 152 Å². The Bertz CT molecular complexity index is 696. The van der Waals surface area contributed by atoms with Gasteiger partial charge >= 0.3 is 6.09 Å².